The van der Waals surface area contributed by atoms with Crippen LogP contribution in [0.4, 0.5) is 0 Å². The summed E-state index contributed by atoms with van der Waals surface area (Å²) in [6.45, 7) is 6.19. The number of carbonyl (C=O) groups excluding carboxylic acids is 2. The molecule has 1 aliphatic rings. The third-order valence-corrected chi connectivity index (χ3v) is 7.15. The molecule has 1 aromatic carbocycles. The van der Waals surface area contributed by atoms with E-state index < -0.39 is 21.5 Å². The quantitative estimate of drug-likeness (QED) is 0.605. The highest BCUT2D eigenvalue weighted by Gasteiger charge is 2.37. The van der Waals surface area contributed by atoms with Crippen molar-refractivity contribution in [3.63, 3.8) is 0 Å². The SMILES string of the molecule is C=CC(=O)NC1(C)CCN(S(=O)(=O)c2ccc(C(=O)NCCc3ccccc3)o2)CC1. The van der Waals surface area contributed by atoms with Gasteiger partial charge in [-0.15, -0.1) is 0 Å². The summed E-state index contributed by atoms with van der Waals surface area (Å²) in [5, 5.41) is 5.32. The normalized spacial score (nSPS) is 16.4. The van der Waals surface area contributed by atoms with Crippen LogP contribution < -0.4 is 10.6 Å². The van der Waals surface area contributed by atoms with Crippen LogP contribution in [0.2, 0.25) is 0 Å². The molecule has 9 heteroatoms. The second-order valence-electron chi connectivity index (χ2n) is 7.77. The van der Waals surface area contributed by atoms with E-state index in [2.05, 4.69) is 17.2 Å². The van der Waals surface area contributed by atoms with E-state index in [1.807, 2.05) is 37.3 Å². The molecule has 0 saturated carbocycles. The predicted molar refractivity (Wildman–Crippen MR) is 116 cm³/mol. The molecule has 1 aliphatic heterocycles. The van der Waals surface area contributed by atoms with Gasteiger partial charge in [-0.25, -0.2) is 8.42 Å². The van der Waals surface area contributed by atoms with Crippen LogP contribution in [0.15, 0.2) is 64.6 Å². The lowest BCUT2D eigenvalue weighted by Gasteiger charge is -2.38. The van der Waals surface area contributed by atoms with Crippen LogP contribution in [-0.4, -0.2) is 49.7 Å². The van der Waals surface area contributed by atoms with Gasteiger partial charge in [-0.1, -0.05) is 36.9 Å². The molecule has 166 valence electrons. The van der Waals surface area contributed by atoms with E-state index in [-0.39, 0.29) is 29.8 Å². The van der Waals surface area contributed by atoms with E-state index in [1.165, 1.54) is 22.5 Å². The van der Waals surface area contributed by atoms with Crippen molar-refractivity contribution < 1.29 is 22.4 Å². The third-order valence-electron chi connectivity index (χ3n) is 5.38. The first-order valence-electron chi connectivity index (χ1n) is 10.1. The van der Waals surface area contributed by atoms with E-state index in [0.717, 1.165) is 5.56 Å². The Kier molecular flexibility index (Phi) is 6.97. The Bertz CT molecular complexity index is 1040. The molecule has 0 unspecified atom stereocenters. The molecule has 0 spiro atoms. The molecule has 0 atom stereocenters. The number of piperidine rings is 1. The Labute approximate surface area is 182 Å². The van der Waals surface area contributed by atoms with Gasteiger partial charge in [-0.2, -0.15) is 4.31 Å². The maximum atomic E-state index is 12.9. The van der Waals surface area contributed by atoms with Gasteiger partial charge in [0.25, 0.3) is 15.9 Å². The summed E-state index contributed by atoms with van der Waals surface area (Å²) >= 11 is 0. The first-order valence-corrected chi connectivity index (χ1v) is 11.5. The van der Waals surface area contributed by atoms with Crippen molar-refractivity contribution in [1.82, 2.24) is 14.9 Å². The standard InChI is InChI=1S/C22H27N3O5S/c1-3-19(26)24-22(2)12-15-25(16-13-22)31(28,29)20-10-9-18(30-20)21(27)23-14-11-17-7-5-4-6-8-17/h3-10H,1,11-16H2,2H3,(H,23,27)(H,24,26). The monoisotopic (exact) mass is 445 g/mol. The summed E-state index contributed by atoms with van der Waals surface area (Å²) < 4.78 is 32.5. The highest BCUT2D eigenvalue weighted by molar-refractivity contribution is 7.89. The number of hydrogen-bond acceptors (Lipinski definition) is 5. The van der Waals surface area contributed by atoms with Crippen molar-refractivity contribution in [2.75, 3.05) is 19.6 Å². The molecule has 8 nitrogen and oxygen atoms in total. The summed E-state index contributed by atoms with van der Waals surface area (Å²) in [6, 6.07) is 12.4. The number of nitrogens with one attached hydrogen (secondary N) is 2. The zero-order chi connectivity index (χ0) is 22.5. The summed E-state index contributed by atoms with van der Waals surface area (Å²) in [5.74, 6) is -0.796. The molecule has 31 heavy (non-hydrogen) atoms. The van der Waals surface area contributed by atoms with Crippen molar-refractivity contribution in [2.24, 2.45) is 0 Å². The summed E-state index contributed by atoms with van der Waals surface area (Å²) in [6.07, 6.45) is 2.77. The Balaban J connectivity index is 1.57. The van der Waals surface area contributed by atoms with Gasteiger partial charge in [0.1, 0.15) is 0 Å². The van der Waals surface area contributed by atoms with Gasteiger partial charge in [0.15, 0.2) is 5.76 Å². The molecular formula is C22H27N3O5S. The van der Waals surface area contributed by atoms with E-state index in [4.69, 9.17) is 4.42 Å². The van der Waals surface area contributed by atoms with E-state index >= 15 is 0 Å². The number of furan rings is 1. The third kappa shape index (κ3) is 5.62. The van der Waals surface area contributed by atoms with Crippen LogP contribution in [0.1, 0.15) is 35.9 Å². The van der Waals surface area contributed by atoms with Crippen LogP contribution in [0, 0.1) is 0 Å². The summed E-state index contributed by atoms with van der Waals surface area (Å²) in [4.78, 5) is 23.9. The minimum Gasteiger partial charge on any atom is -0.438 e. The van der Waals surface area contributed by atoms with Crippen molar-refractivity contribution in [2.45, 2.75) is 36.8 Å². The smallest absolute Gasteiger partial charge is 0.287 e. The summed E-state index contributed by atoms with van der Waals surface area (Å²) in [7, 11) is -3.87. The van der Waals surface area contributed by atoms with Crippen molar-refractivity contribution in [1.29, 1.82) is 0 Å². The molecule has 3 rings (SSSR count). The Morgan fingerprint density at radius 1 is 1.16 bits per heavy atom. The number of hydrogen-bond donors (Lipinski definition) is 2. The van der Waals surface area contributed by atoms with Crippen LogP contribution >= 0.6 is 0 Å². The van der Waals surface area contributed by atoms with Crippen LogP contribution in [-0.2, 0) is 21.2 Å². The van der Waals surface area contributed by atoms with Gasteiger partial charge in [0.05, 0.1) is 0 Å². The molecule has 1 saturated heterocycles. The van der Waals surface area contributed by atoms with Gasteiger partial charge in [0, 0.05) is 25.2 Å². The first-order chi connectivity index (χ1) is 14.7. The average molecular weight is 446 g/mol. The molecule has 2 N–H and O–H groups in total. The van der Waals surface area contributed by atoms with Crippen LogP contribution in [0.5, 0.6) is 0 Å². The fourth-order valence-corrected chi connectivity index (χ4v) is 4.81. The molecule has 2 amide bonds. The number of amides is 2. The molecule has 2 aromatic rings. The largest absolute Gasteiger partial charge is 0.438 e. The van der Waals surface area contributed by atoms with E-state index in [9.17, 15) is 18.0 Å². The van der Waals surface area contributed by atoms with E-state index in [0.29, 0.717) is 25.8 Å². The molecule has 0 bridgehead atoms. The van der Waals surface area contributed by atoms with Gasteiger partial charge < -0.3 is 15.1 Å². The van der Waals surface area contributed by atoms with Gasteiger partial charge in [0.2, 0.25) is 11.0 Å². The number of rotatable bonds is 8. The molecular weight excluding hydrogens is 418 g/mol. The van der Waals surface area contributed by atoms with Crippen molar-refractivity contribution in [3.05, 3.63) is 66.4 Å². The number of carbonyl (C=O) groups is 2. The predicted octanol–water partition coefficient (Wildman–Crippen LogP) is 2.10. The second kappa shape index (κ2) is 9.49. The second-order valence-corrected chi connectivity index (χ2v) is 9.64. The minimum atomic E-state index is -3.87. The molecule has 0 radical (unpaired) electrons. The Hall–Kier alpha value is -2.91. The van der Waals surface area contributed by atoms with Gasteiger partial charge in [-0.3, -0.25) is 9.59 Å². The lowest BCUT2D eigenvalue weighted by molar-refractivity contribution is -0.118. The van der Waals surface area contributed by atoms with Crippen LogP contribution in [0.25, 0.3) is 0 Å². The topological polar surface area (TPSA) is 109 Å². The Morgan fingerprint density at radius 2 is 1.84 bits per heavy atom. The zero-order valence-corrected chi connectivity index (χ0v) is 18.3. The number of nitrogens with zero attached hydrogens (tertiary/aromatic N) is 1. The molecule has 2 heterocycles. The van der Waals surface area contributed by atoms with Crippen LogP contribution in [0.3, 0.4) is 0 Å². The van der Waals surface area contributed by atoms with Crippen molar-refractivity contribution >= 4 is 21.8 Å². The lowest BCUT2D eigenvalue weighted by Crippen LogP contribution is -2.53. The fraction of sp³-hybridized carbons (Fsp3) is 0.364. The Morgan fingerprint density at radius 3 is 2.48 bits per heavy atom. The fourth-order valence-electron chi connectivity index (χ4n) is 3.45. The maximum Gasteiger partial charge on any atom is 0.287 e. The molecule has 1 aromatic heterocycles. The van der Waals surface area contributed by atoms with Gasteiger partial charge in [-0.05, 0) is 50.0 Å². The molecule has 0 aliphatic carbocycles. The highest BCUT2D eigenvalue weighted by Crippen LogP contribution is 2.27. The van der Waals surface area contributed by atoms with Gasteiger partial charge >= 0.3 is 0 Å². The van der Waals surface area contributed by atoms with Crippen molar-refractivity contribution in [3.8, 4) is 0 Å². The minimum absolute atomic E-state index is 0.0493. The average Bonchev–Trinajstić information content (AvgIpc) is 3.26. The maximum absolute atomic E-state index is 12.9. The zero-order valence-electron chi connectivity index (χ0n) is 17.5. The first kappa shape index (κ1) is 22.8. The highest BCUT2D eigenvalue weighted by atomic mass is 32.2. The lowest BCUT2D eigenvalue weighted by atomic mass is 9.90. The van der Waals surface area contributed by atoms with E-state index in [1.54, 1.807) is 0 Å². The number of sulfonamides is 1. The molecule has 1 fully saturated rings. The summed E-state index contributed by atoms with van der Waals surface area (Å²) in [5.41, 5.74) is 0.594. The number of benzene rings is 1.